The summed E-state index contributed by atoms with van der Waals surface area (Å²) in [4.78, 5) is 0. The van der Waals surface area contributed by atoms with Crippen LogP contribution in [0.2, 0.25) is 0 Å². The zero-order chi connectivity index (χ0) is 8.39. The van der Waals surface area contributed by atoms with Gasteiger partial charge in [0.1, 0.15) is 0 Å². The molecular weight excluding hydrogens is 146 g/mol. The lowest BCUT2D eigenvalue weighted by Crippen LogP contribution is -2.34. The molecule has 1 nitrogen and oxygen atoms in total. The van der Waals surface area contributed by atoms with E-state index in [2.05, 4.69) is 36.5 Å². The molecule has 0 radical (unpaired) electrons. The molecule has 1 N–H and O–H groups in total. The van der Waals surface area contributed by atoms with Crippen molar-refractivity contribution in [2.75, 3.05) is 6.54 Å². The fourth-order valence-electron chi connectivity index (χ4n) is 1.56. The first-order chi connectivity index (χ1) is 5.90. The Balaban J connectivity index is 2.13. The van der Waals surface area contributed by atoms with Crippen LogP contribution < -0.4 is 5.32 Å². The molecule has 1 unspecified atom stereocenters. The summed E-state index contributed by atoms with van der Waals surface area (Å²) in [7, 11) is 0. The molecule has 0 aromatic heterocycles. The molecule has 1 heterocycles. The van der Waals surface area contributed by atoms with Gasteiger partial charge in [0.05, 0.1) is 0 Å². The van der Waals surface area contributed by atoms with Gasteiger partial charge in [0, 0.05) is 6.04 Å². The van der Waals surface area contributed by atoms with Crippen molar-refractivity contribution in [2.45, 2.75) is 25.8 Å². The average molecular weight is 161 g/mol. The average Bonchev–Trinajstić information content (AvgIpc) is 2.03. The first kappa shape index (κ1) is 7.81. The smallest absolute Gasteiger partial charge is 0.0332 e. The van der Waals surface area contributed by atoms with E-state index in [-0.39, 0.29) is 0 Å². The van der Waals surface area contributed by atoms with Crippen LogP contribution in [0, 0.1) is 0 Å². The third-order valence-corrected chi connectivity index (χ3v) is 2.61. The van der Waals surface area contributed by atoms with Crippen LogP contribution in [0.25, 0.3) is 0 Å². The maximum Gasteiger partial charge on any atom is 0.0332 e. The van der Waals surface area contributed by atoms with Gasteiger partial charge in [-0.25, -0.2) is 0 Å². The molecule has 1 heteroatoms. The number of aryl methyl sites for hydroxylation is 1. The Labute approximate surface area is 73.8 Å². The molecule has 0 spiro atoms. The van der Waals surface area contributed by atoms with Gasteiger partial charge in [-0.2, -0.15) is 0 Å². The predicted octanol–water partition coefficient (Wildman–Crippen LogP) is 2.28. The molecule has 1 aliphatic heterocycles. The summed E-state index contributed by atoms with van der Waals surface area (Å²) < 4.78 is 0. The predicted molar refractivity (Wildman–Crippen MR) is 51.2 cm³/mol. The Morgan fingerprint density at radius 2 is 2.00 bits per heavy atom. The molecule has 1 fully saturated rings. The van der Waals surface area contributed by atoms with E-state index < -0.39 is 0 Å². The second-order valence-corrected chi connectivity index (χ2v) is 3.39. The monoisotopic (exact) mass is 161 g/mol. The molecule has 0 aliphatic carbocycles. The maximum absolute atomic E-state index is 3.40. The highest BCUT2D eigenvalue weighted by Gasteiger charge is 2.17. The van der Waals surface area contributed by atoms with E-state index in [1.54, 1.807) is 0 Å². The molecule has 12 heavy (non-hydrogen) atoms. The Morgan fingerprint density at radius 3 is 2.42 bits per heavy atom. The summed E-state index contributed by atoms with van der Waals surface area (Å²) in [5, 5.41) is 3.40. The van der Waals surface area contributed by atoms with E-state index in [0.717, 1.165) is 6.42 Å². The molecule has 1 saturated heterocycles. The molecule has 64 valence electrons. The lowest BCUT2D eigenvalue weighted by atomic mass is 9.97. The van der Waals surface area contributed by atoms with Crippen LogP contribution in [0.1, 0.15) is 30.5 Å². The standard InChI is InChI=1S/C11H15N/c1-2-9-3-5-10(6-4-9)11-7-8-12-11/h3-6,11-12H,2,7-8H2,1H3. The Morgan fingerprint density at radius 1 is 1.33 bits per heavy atom. The summed E-state index contributed by atoms with van der Waals surface area (Å²) >= 11 is 0. The number of nitrogens with one attached hydrogen (secondary N) is 1. The van der Waals surface area contributed by atoms with E-state index in [1.165, 1.54) is 24.1 Å². The van der Waals surface area contributed by atoms with Crippen molar-refractivity contribution < 1.29 is 0 Å². The second kappa shape index (κ2) is 3.28. The van der Waals surface area contributed by atoms with E-state index >= 15 is 0 Å². The molecule has 0 saturated carbocycles. The fraction of sp³-hybridized carbons (Fsp3) is 0.455. The Hall–Kier alpha value is -0.820. The molecule has 0 amide bonds. The summed E-state index contributed by atoms with van der Waals surface area (Å²) in [5.41, 5.74) is 2.87. The highest BCUT2D eigenvalue weighted by atomic mass is 15.0. The third kappa shape index (κ3) is 1.37. The lowest BCUT2D eigenvalue weighted by Gasteiger charge is -2.28. The largest absolute Gasteiger partial charge is 0.310 e. The minimum absolute atomic E-state index is 0.635. The summed E-state index contributed by atoms with van der Waals surface area (Å²) in [6.07, 6.45) is 2.43. The van der Waals surface area contributed by atoms with Crippen LogP contribution in [-0.4, -0.2) is 6.54 Å². The van der Waals surface area contributed by atoms with Crippen molar-refractivity contribution in [3.8, 4) is 0 Å². The number of hydrogen-bond donors (Lipinski definition) is 1. The fourth-order valence-corrected chi connectivity index (χ4v) is 1.56. The first-order valence-electron chi connectivity index (χ1n) is 4.72. The topological polar surface area (TPSA) is 12.0 Å². The molecule has 2 rings (SSSR count). The van der Waals surface area contributed by atoms with Gasteiger partial charge in [-0.3, -0.25) is 0 Å². The van der Waals surface area contributed by atoms with Crippen molar-refractivity contribution in [1.29, 1.82) is 0 Å². The van der Waals surface area contributed by atoms with Gasteiger partial charge < -0.3 is 5.32 Å². The van der Waals surface area contributed by atoms with Gasteiger partial charge in [0.25, 0.3) is 0 Å². The molecule has 1 atom stereocenters. The van der Waals surface area contributed by atoms with E-state index in [9.17, 15) is 0 Å². The lowest BCUT2D eigenvalue weighted by molar-refractivity contribution is 0.383. The van der Waals surface area contributed by atoms with E-state index in [4.69, 9.17) is 0 Å². The van der Waals surface area contributed by atoms with Gasteiger partial charge in [0.15, 0.2) is 0 Å². The number of benzene rings is 1. The van der Waals surface area contributed by atoms with E-state index in [1.807, 2.05) is 0 Å². The zero-order valence-electron chi connectivity index (χ0n) is 7.51. The van der Waals surface area contributed by atoms with Crippen LogP contribution in [0.4, 0.5) is 0 Å². The van der Waals surface area contributed by atoms with Crippen molar-refractivity contribution in [3.05, 3.63) is 35.4 Å². The van der Waals surface area contributed by atoms with Crippen LogP contribution in [-0.2, 0) is 6.42 Å². The molecule has 1 aliphatic rings. The summed E-state index contributed by atoms with van der Waals surface area (Å²) in [6.45, 7) is 3.37. The first-order valence-corrected chi connectivity index (χ1v) is 4.72. The molecule has 0 bridgehead atoms. The number of rotatable bonds is 2. The molecule has 1 aromatic carbocycles. The highest BCUT2D eigenvalue weighted by molar-refractivity contribution is 5.26. The normalized spacial score (nSPS) is 21.9. The quantitative estimate of drug-likeness (QED) is 0.701. The van der Waals surface area contributed by atoms with Crippen molar-refractivity contribution >= 4 is 0 Å². The van der Waals surface area contributed by atoms with Crippen LogP contribution in [0.15, 0.2) is 24.3 Å². The Kier molecular flexibility index (Phi) is 2.13. The molecule has 1 aromatic rings. The second-order valence-electron chi connectivity index (χ2n) is 3.39. The zero-order valence-corrected chi connectivity index (χ0v) is 7.51. The molecular formula is C11H15N. The van der Waals surface area contributed by atoms with Crippen molar-refractivity contribution in [3.63, 3.8) is 0 Å². The summed E-state index contributed by atoms with van der Waals surface area (Å²) in [5.74, 6) is 0. The maximum atomic E-state index is 3.40. The van der Waals surface area contributed by atoms with Gasteiger partial charge in [0.2, 0.25) is 0 Å². The van der Waals surface area contributed by atoms with Crippen LogP contribution >= 0.6 is 0 Å². The van der Waals surface area contributed by atoms with Gasteiger partial charge in [-0.15, -0.1) is 0 Å². The minimum Gasteiger partial charge on any atom is -0.310 e. The van der Waals surface area contributed by atoms with Gasteiger partial charge in [-0.1, -0.05) is 31.2 Å². The van der Waals surface area contributed by atoms with Crippen LogP contribution in [0.5, 0.6) is 0 Å². The van der Waals surface area contributed by atoms with Crippen molar-refractivity contribution in [1.82, 2.24) is 5.32 Å². The SMILES string of the molecule is CCc1ccc(C2CCN2)cc1. The Bertz CT molecular complexity index is 246. The van der Waals surface area contributed by atoms with E-state index in [0.29, 0.717) is 6.04 Å². The number of hydrogen-bond acceptors (Lipinski definition) is 1. The minimum atomic E-state index is 0.635. The van der Waals surface area contributed by atoms with Gasteiger partial charge in [-0.05, 0) is 30.5 Å². The van der Waals surface area contributed by atoms with Crippen LogP contribution in [0.3, 0.4) is 0 Å². The highest BCUT2D eigenvalue weighted by Crippen LogP contribution is 2.22. The van der Waals surface area contributed by atoms with Gasteiger partial charge >= 0.3 is 0 Å². The summed E-state index contributed by atoms with van der Waals surface area (Å²) in [6, 6.07) is 9.59. The third-order valence-electron chi connectivity index (χ3n) is 2.61. The van der Waals surface area contributed by atoms with Crippen molar-refractivity contribution in [2.24, 2.45) is 0 Å².